The summed E-state index contributed by atoms with van der Waals surface area (Å²) in [6.45, 7) is 6.40. The van der Waals surface area contributed by atoms with Crippen LogP contribution in [0.4, 0.5) is 0 Å². The fourth-order valence-electron chi connectivity index (χ4n) is 8.45. The van der Waals surface area contributed by atoms with Gasteiger partial charge in [0.15, 0.2) is 6.10 Å². The highest BCUT2D eigenvalue weighted by Gasteiger charge is 2.19. The average molecular weight is 990 g/mol. The maximum atomic E-state index is 12.9. The van der Waals surface area contributed by atoms with E-state index >= 15 is 0 Å². The molecule has 0 aliphatic carbocycles. The first kappa shape index (κ1) is 67.6. The van der Waals surface area contributed by atoms with Gasteiger partial charge in [-0.2, -0.15) is 0 Å². The van der Waals surface area contributed by atoms with Gasteiger partial charge in [0.1, 0.15) is 13.2 Å². The van der Waals surface area contributed by atoms with Crippen molar-refractivity contribution in [2.45, 2.75) is 297 Å². The smallest absolute Gasteiger partial charge is 0.306 e. The second-order valence-corrected chi connectivity index (χ2v) is 19.9. The molecule has 0 aromatic rings. The Balaban J connectivity index is 4.37. The zero-order valence-corrected chi connectivity index (χ0v) is 46.7. The molecule has 408 valence electrons. The molecule has 0 spiro atoms. The standard InChI is InChI=1S/C65H112O6/c1-4-7-10-13-16-19-22-25-27-29-31-32-34-35-37-40-43-46-49-52-55-58-64(67)70-61-62(60-69-63(66)57-54-51-48-45-42-39-24-21-18-15-12-9-6-3)71-65(68)59-56-53-50-47-44-41-38-36-33-30-28-26-23-20-17-14-11-8-5-2/h8-9,11-12,17-18,20-21,26,28,33,36,39,42,62H,4-7,10,13-16,19,22-25,27,29-32,34-35,37-38,40-41,43-61H2,1-3H3/b11-8-,12-9-,20-17-,21-18-,28-26-,36-33-,42-39-. The first-order valence-electron chi connectivity index (χ1n) is 30.1. The molecule has 0 saturated heterocycles. The predicted octanol–water partition coefficient (Wildman–Crippen LogP) is 20.3. The number of unbranched alkanes of at least 4 members (excludes halogenated alkanes) is 29. The van der Waals surface area contributed by atoms with Gasteiger partial charge in [0, 0.05) is 19.3 Å². The van der Waals surface area contributed by atoms with E-state index in [-0.39, 0.29) is 31.1 Å². The van der Waals surface area contributed by atoms with Crippen molar-refractivity contribution in [1.29, 1.82) is 0 Å². The van der Waals surface area contributed by atoms with Gasteiger partial charge in [-0.15, -0.1) is 0 Å². The number of hydrogen-bond donors (Lipinski definition) is 0. The van der Waals surface area contributed by atoms with Gasteiger partial charge in [-0.25, -0.2) is 0 Å². The van der Waals surface area contributed by atoms with Crippen LogP contribution in [0.1, 0.15) is 290 Å². The molecule has 0 saturated carbocycles. The first-order valence-corrected chi connectivity index (χ1v) is 30.1. The third-order valence-corrected chi connectivity index (χ3v) is 12.9. The summed E-state index contributed by atoms with van der Waals surface area (Å²) in [4.78, 5) is 38.2. The normalized spacial score (nSPS) is 12.7. The van der Waals surface area contributed by atoms with E-state index in [9.17, 15) is 14.4 Å². The predicted molar refractivity (Wildman–Crippen MR) is 307 cm³/mol. The summed E-state index contributed by atoms with van der Waals surface area (Å²) in [7, 11) is 0. The van der Waals surface area contributed by atoms with Crippen LogP contribution >= 0.6 is 0 Å². The largest absolute Gasteiger partial charge is 0.462 e. The van der Waals surface area contributed by atoms with Crippen molar-refractivity contribution in [3.8, 4) is 0 Å². The van der Waals surface area contributed by atoms with E-state index < -0.39 is 6.10 Å². The molecular formula is C65H112O6. The van der Waals surface area contributed by atoms with E-state index in [1.165, 1.54) is 128 Å². The highest BCUT2D eigenvalue weighted by atomic mass is 16.6. The summed E-state index contributed by atoms with van der Waals surface area (Å²) in [5, 5.41) is 0. The summed E-state index contributed by atoms with van der Waals surface area (Å²) in [6.07, 6.45) is 77.3. The van der Waals surface area contributed by atoms with Crippen molar-refractivity contribution in [3.63, 3.8) is 0 Å². The number of rotatable bonds is 54. The quantitative estimate of drug-likeness (QED) is 0.0261. The summed E-state index contributed by atoms with van der Waals surface area (Å²) < 4.78 is 16.9. The number of carbonyl (C=O) groups excluding carboxylic acids is 3. The first-order chi connectivity index (χ1) is 35.0. The molecule has 1 unspecified atom stereocenters. The number of esters is 3. The van der Waals surface area contributed by atoms with E-state index in [1.807, 2.05) is 0 Å². The minimum atomic E-state index is -0.796. The molecule has 1 atom stereocenters. The van der Waals surface area contributed by atoms with Gasteiger partial charge in [-0.1, -0.05) is 266 Å². The van der Waals surface area contributed by atoms with Crippen molar-refractivity contribution in [3.05, 3.63) is 85.1 Å². The summed E-state index contributed by atoms with van der Waals surface area (Å²) in [6, 6.07) is 0. The Morgan fingerprint density at radius 3 is 0.873 bits per heavy atom. The minimum absolute atomic E-state index is 0.0899. The summed E-state index contributed by atoms with van der Waals surface area (Å²) in [5.74, 6) is -0.925. The molecule has 0 N–H and O–H groups in total. The molecule has 0 aliphatic rings. The van der Waals surface area contributed by atoms with Gasteiger partial charge in [-0.3, -0.25) is 14.4 Å². The molecule has 0 amide bonds. The van der Waals surface area contributed by atoms with Crippen molar-refractivity contribution >= 4 is 17.9 Å². The van der Waals surface area contributed by atoms with Crippen molar-refractivity contribution in [2.75, 3.05) is 13.2 Å². The van der Waals surface area contributed by atoms with Crippen LogP contribution in [-0.4, -0.2) is 37.2 Å². The lowest BCUT2D eigenvalue weighted by Crippen LogP contribution is -2.30. The highest BCUT2D eigenvalue weighted by Crippen LogP contribution is 2.17. The zero-order valence-electron chi connectivity index (χ0n) is 46.7. The van der Waals surface area contributed by atoms with E-state index in [0.29, 0.717) is 19.3 Å². The molecular weight excluding hydrogens is 877 g/mol. The molecule has 0 bridgehead atoms. The zero-order chi connectivity index (χ0) is 51.4. The van der Waals surface area contributed by atoms with Crippen molar-refractivity contribution in [2.24, 2.45) is 0 Å². The Morgan fingerprint density at radius 2 is 0.549 bits per heavy atom. The van der Waals surface area contributed by atoms with E-state index in [2.05, 4.69) is 106 Å². The van der Waals surface area contributed by atoms with Gasteiger partial charge in [0.2, 0.25) is 0 Å². The maximum Gasteiger partial charge on any atom is 0.306 e. The molecule has 0 aromatic carbocycles. The second kappa shape index (κ2) is 59.2. The second-order valence-electron chi connectivity index (χ2n) is 19.9. The number of carbonyl (C=O) groups is 3. The fourth-order valence-corrected chi connectivity index (χ4v) is 8.45. The van der Waals surface area contributed by atoms with Gasteiger partial charge < -0.3 is 14.2 Å². The topological polar surface area (TPSA) is 78.9 Å². The Labute approximate surface area is 439 Å². The molecule has 0 rings (SSSR count). The molecule has 0 aromatic heterocycles. The van der Waals surface area contributed by atoms with Crippen LogP contribution in [-0.2, 0) is 28.6 Å². The van der Waals surface area contributed by atoms with Gasteiger partial charge in [-0.05, 0) is 89.9 Å². The number of allylic oxidation sites excluding steroid dienone is 14. The maximum absolute atomic E-state index is 12.9. The SMILES string of the molecule is CC/C=C\C/C=C\C/C=C\C/C=C\CCCCCCCCC(=O)OC(COC(=O)CCCCC/C=C\C/C=C\C/C=C\CC)COC(=O)CCCCCCCCCCCCCCCCCCCCCCC. The molecule has 0 aliphatic heterocycles. The van der Waals surface area contributed by atoms with Crippen molar-refractivity contribution in [1.82, 2.24) is 0 Å². The molecule has 0 radical (unpaired) electrons. The number of hydrogen-bond acceptors (Lipinski definition) is 6. The molecule has 0 fully saturated rings. The van der Waals surface area contributed by atoms with Crippen LogP contribution in [0.5, 0.6) is 0 Å². The van der Waals surface area contributed by atoms with E-state index in [1.54, 1.807) is 0 Å². The average Bonchev–Trinajstić information content (AvgIpc) is 3.37. The lowest BCUT2D eigenvalue weighted by molar-refractivity contribution is -0.167. The minimum Gasteiger partial charge on any atom is -0.462 e. The summed E-state index contributed by atoms with van der Waals surface area (Å²) >= 11 is 0. The van der Waals surface area contributed by atoms with Crippen LogP contribution < -0.4 is 0 Å². The van der Waals surface area contributed by atoms with Crippen LogP contribution in [0, 0.1) is 0 Å². The lowest BCUT2D eigenvalue weighted by Gasteiger charge is -2.18. The van der Waals surface area contributed by atoms with E-state index in [0.717, 1.165) is 122 Å². The molecule has 71 heavy (non-hydrogen) atoms. The molecule has 6 nitrogen and oxygen atoms in total. The van der Waals surface area contributed by atoms with Gasteiger partial charge in [0.05, 0.1) is 0 Å². The van der Waals surface area contributed by atoms with Crippen LogP contribution in [0.15, 0.2) is 85.1 Å². The lowest BCUT2D eigenvalue weighted by atomic mass is 10.0. The van der Waals surface area contributed by atoms with Gasteiger partial charge in [0.25, 0.3) is 0 Å². The van der Waals surface area contributed by atoms with Gasteiger partial charge >= 0.3 is 17.9 Å². The van der Waals surface area contributed by atoms with Crippen LogP contribution in [0.2, 0.25) is 0 Å². The summed E-state index contributed by atoms with van der Waals surface area (Å²) in [5.41, 5.74) is 0. The fraction of sp³-hybridized carbons (Fsp3) is 0.738. The van der Waals surface area contributed by atoms with Crippen LogP contribution in [0.3, 0.4) is 0 Å². The molecule has 6 heteroatoms. The Hall–Kier alpha value is -3.41. The van der Waals surface area contributed by atoms with Crippen molar-refractivity contribution < 1.29 is 28.6 Å². The third kappa shape index (κ3) is 57.4. The van der Waals surface area contributed by atoms with Crippen LogP contribution in [0.25, 0.3) is 0 Å². The third-order valence-electron chi connectivity index (χ3n) is 12.9. The monoisotopic (exact) mass is 989 g/mol. The molecule has 0 heterocycles. The Kier molecular flexibility index (Phi) is 56.3. The Bertz CT molecular complexity index is 1370. The Morgan fingerprint density at radius 1 is 0.296 bits per heavy atom. The highest BCUT2D eigenvalue weighted by molar-refractivity contribution is 5.71. The van der Waals surface area contributed by atoms with E-state index in [4.69, 9.17) is 14.2 Å². The number of ether oxygens (including phenoxy) is 3.